The first-order valence-electron chi connectivity index (χ1n) is 7.87. The molecule has 0 saturated carbocycles. The lowest BCUT2D eigenvalue weighted by atomic mass is 10.1. The topological polar surface area (TPSA) is 70.7 Å². The van der Waals surface area contributed by atoms with E-state index in [1.807, 2.05) is 56.3 Å². The molecule has 0 spiro atoms. The number of nitrogens with zero attached hydrogens (tertiary/aromatic N) is 2. The van der Waals surface area contributed by atoms with Crippen LogP contribution in [0.5, 0.6) is 0 Å². The van der Waals surface area contributed by atoms with E-state index < -0.39 is 0 Å². The van der Waals surface area contributed by atoms with Crippen molar-refractivity contribution in [1.29, 1.82) is 0 Å². The second-order valence-corrected chi connectivity index (χ2v) is 6.04. The number of aromatic nitrogens is 3. The molecule has 1 heterocycles. The molecule has 24 heavy (non-hydrogen) atoms. The molecule has 122 valence electrons. The van der Waals surface area contributed by atoms with Gasteiger partial charge < -0.3 is 5.32 Å². The fourth-order valence-corrected chi connectivity index (χ4v) is 2.39. The zero-order chi connectivity index (χ0) is 17.1. The summed E-state index contributed by atoms with van der Waals surface area (Å²) in [7, 11) is 0. The average molecular weight is 320 g/mol. The van der Waals surface area contributed by atoms with Crippen LogP contribution in [0, 0.1) is 20.8 Å². The Morgan fingerprint density at radius 2 is 1.71 bits per heavy atom. The minimum absolute atomic E-state index is 0.225. The molecule has 0 radical (unpaired) electrons. The van der Waals surface area contributed by atoms with Crippen LogP contribution in [-0.4, -0.2) is 15.2 Å². The minimum Gasteiger partial charge on any atom is -0.324 e. The minimum atomic E-state index is -0.225. The Labute approximate surface area is 140 Å². The number of rotatable bonds is 4. The lowest BCUT2D eigenvalue weighted by Gasteiger charge is -2.08. The van der Waals surface area contributed by atoms with Gasteiger partial charge >= 0.3 is 0 Å². The number of H-pyrrole nitrogens is 1. The van der Waals surface area contributed by atoms with Crippen molar-refractivity contribution in [3.63, 3.8) is 0 Å². The molecule has 3 rings (SSSR count). The number of nitrogens with one attached hydrogen (secondary N) is 2. The van der Waals surface area contributed by atoms with Gasteiger partial charge in [0.05, 0.1) is 0 Å². The van der Waals surface area contributed by atoms with E-state index in [9.17, 15) is 4.79 Å². The fourth-order valence-electron chi connectivity index (χ4n) is 2.39. The molecule has 0 aliphatic rings. The molecule has 0 aliphatic heterocycles. The van der Waals surface area contributed by atoms with Crippen molar-refractivity contribution < 1.29 is 0 Å². The van der Waals surface area contributed by atoms with Crippen LogP contribution in [0.4, 0.5) is 11.6 Å². The van der Waals surface area contributed by atoms with E-state index >= 15 is 0 Å². The van der Waals surface area contributed by atoms with Gasteiger partial charge in [-0.05, 0) is 49.6 Å². The van der Waals surface area contributed by atoms with E-state index in [0.717, 1.165) is 11.3 Å². The summed E-state index contributed by atoms with van der Waals surface area (Å²) in [6, 6.07) is 14.0. The summed E-state index contributed by atoms with van der Waals surface area (Å²) in [5, 5.41) is 11.2. The van der Waals surface area contributed by atoms with Gasteiger partial charge in [-0.2, -0.15) is 0 Å². The van der Waals surface area contributed by atoms with Crippen molar-refractivity contribution in [3.8, 4) is 0 Å². The zero-order valence-electron chi connectivity index (χ0n) is 14.1. The summed E-state index contributed by atoms with van der Waals surface area (Å²) in [4.78, 5) is 15.0. The van der Waals surface area contributed by atoms with E-state index in [-0.39, 0.29) is 5.56 Å². The molecule has 0 amide bonds. The molecule has 0 saturated heterocycles. The molecule has 5 heteroatoms. The number of hydrogen-bond acceptors (Lipinski definition) is 4. The van der Waals surface area contributed by atoms with Crippen molar-refractivity contribution in [2.75, 3.05) is 5.32 Å². The third-order valence-corrected chi connectivity index (χ3v) is 4.03. The molecular formula is C19H20N4O. The monoisotopic (exact) mass is 320 g/mol. The predicted molar refractivity (Wildman–Crippen MR) is 95.8 cm³/mol. The lowest BCUT2D eigenvalue weighted by molar-refractivity contribution is 0.874. The summed E-state index contributed by atoms with van der Waals surface area (Å²) in [6.45, 7) is 6.13. The third kappa shape index (κ3) is 3.68. The van der Waals surface area contributed by atoms with Crippen LogP contribution in [0.2, 0.25) is 0 Å². The molecule has 0 fully saturated rings. The molecule has 0 atom stereocenters. The van der Waals surface area contributed by atoms with E-state index in [0.29, 0.717) is 18.1 Å². The number of hydrogen-bond donors (Lipinski definition) is 2. The molecule has 2 aromatic carbocycles. The van der Waals surface area contributed by atoms with Gasteiger partial charge in [-0.3, -0.25) is 9.78 Å². The van der Waals surface area contributed by atoms with Crippen molar-refractivity contribution in [3.05, 3.63) is 80.8 Å². The predicted octanol–water partition coefficient (Wildman–Crippen LogP) is 3.42. The van der Waals surface area contributed by atoms with Gasteiger partial charge in [-0.1, -0.05) is 35.9 Å². The smallest absolute Gasteiger partial charge is 0.274 e. The van der Waals surface area contributed by atoms with Crippen molar-refractivity contribution in [1.82, 2.24) is 15.2 Å². The Kier molecular flexibility index (Phi) is 4.42. The van der Waals surface area contributed by atoms with Crippen molar-refractivity contribution in [2.45, 2.75) is 27.2 Å². The highest BCUT2D eigenvalue weighted by Gasteiger charge is 2.07. The van der Waals surface area contributed by atoms with Gasteiger partial charge in [0.1, 0.15) is 5.69 Å². The second kappa shape index (κ2) is 6.66. The first-order chi connectivity index (χ1) is 11.5. The highest BCUT2D eigenvalue weighted by atomic mass is 16.1. The summed E-state index contributed by atoms with van der Waals surface area (Å²) < 4.78 is 0. The molecule has 0 unspecified atom stereocenters. The molecule has 1 aromatic heterocycles. The van der Waals surface area contributed by atoms with Crippen LogP contribution < -0.4 is 10.9 Å². The van der Waals surface area contributed by atoms with Gasteiger partial charge in [0.15, 0.2) is 0 Å². The van der Waals surface area contributed by atoms with Crippen LogP contribution in [0.3, 0.4) is 0 Å². The summed E-state index contributed by atoms with van der Waals surface area (Å²) >= 11 is 0. The molecule has 2 N–H and O–H groups in total. The van der Waals surface area contributed by atoms with E-state index in [4.69, 9.17) is 0 Å². The molecule has 0 bridgehead atoms. The average Bonchev–Trinajstić information content (AvgIpc) is 2.55. The van der Waals surface area contributed by atoms with Crippen molar-refractivity contribution >= 4 is 11.6 Å². The van der Waals surface area contributed by atoms with Crippen LogP contribution in [0.25, 0.3) is 0 Å². The quantitative estimate of drug-likeness (QED) is 0.772. The maximum absolute atomic E-state index is 12.2. The van der Waals surface area contributed by atoms with Gasteiger partial charge in [0.2, 0.25) is 5.95 Å². The second-order valence-electron chi connectivity index (χ2n) is 6.04. The van der Waals surface area contributed by atoms with E-state index in [2.05, 4.69) is 27.4 Å². The highest BCUT2D eigenvalue weighted by Crippen LogP contribution is 2.16. The first kappa shape index (κ1) is 15.9. The van der Waals surface area contributed by atoms with Gasteiger partial charge in [0, 0.05) is 12.1 Å². The Hall–Kier alpha value is -2.95. The standard InChI is InChI=1S/C19H20N4O/c1-12-4-7-15(8-5-12)11-17-18(24)21-19(23-22-17)20-16-9-6-13(2)14(3)10-16/h4-10H,11H2,1-3H3,(H2,20,21,23,24). The van der Waals surface area contributed by atoms with Crippen LogP contribution in [0.1, 0.15) is 27.9 Å². The summed E-state index contributed by atoms with van der Waals surface area (Å²) in [5.74, 6) is 0.343. The van der Waals surface area contributed by atoms with Gasteiger partial charge in [-0.25, -0.2) is 0 Å². The molecule has 0 aliphatic carbocycles. The molecule has 5 nitrogen and oxygen atoms in total. The van der Waals surface area contributed by atoms with Crippen LogP contribution >= 0.6 is 0 Å². The van der Waals surface area contributed by atoms with Crippen LogP contribution in [0.15, 0.2) is 47.3 Å². The lowest BCUT2D eigenvalue weighted by Crippen LogP contribution is -2.18. The highest BCUT2D eigenvalue weighted by molar-refractivity contribution is 5.55. The van der Waals surface area contributed by atoms with Gasteiger partial charge in [-0.15, -0.1) is 10.2 Å². The number of aryl methyl sites for hydroxylation is 3. The van der Waals surface area contributed by atoms with E-state index in [1.165, 1.54) is 16.7 Å². The number of anilines is 2. The zero-order valence-corrected chi connectivity index (χ0v) is 14.1. The third-order valence-electron chi connectivity index (χ3n) is 4.03. The first-order valence-corrected chi connectivity index (χ1v) is 7.87. The number of benzene rings is 2. The SMILES string of the molecule is Cc1ccc(Cc2nnc(Nc3ccc(C)c(C)c3)[nH]c2=O)cc1. The maximum atomic E-state index is 12.2. The Morgan fingerprint density at radius 1 is 0.958 bits per heavy atom. The molecular weight excluding hydrogens is 300 g/mol. The van der Waals surface area contributed by atoms with Crippen LogP contribution in [-0.2, 0) is 6.42 Å². The largest absolute Gasteiger partial charge is 0.324 e. The number of aromatic amines is 1. The van der Waals surface area contributed by atoms with Gasteiger partial charge in [0.25, 0.3) is 5.56 Å². The Balaban J connectivity index is 1.78. The summed E-state index contributed by atoms with van der Waals surface area (Å²) in [5.41, 5.74) is 5.66. The Bertz CT molecular complexity index is 913. The Morgan fingerprint density at radius 3 is 2.38 bits per heavy atom. The maximum Gasteiger partial charge on any atom is 0.274 e. The normalized spacial score (nSPS) is 10.6. The van der Waals surface area contributed by atoms with E-state index in [1.54, 1.807) is 0 Å². The van der Waals surface area contributed by atoms with Crippen molar-refractivity contribution in [2.24, 2.45) is 0 Å². The molecule has 3 aromatic rings. The summed E-state index contributed by atoms with van der Waals surface area (Å²) in [6.07, 6.45) is 0.465. The fraction of sp³-hybridized carbons (Fsp3) is 0.211.